The van der Waals surface area contributed by atoms with Gasteiger partial charge in [0, 0.05) is 27.8 Å². The zero-order valence-corrected chi connectivity index (χ0v) is 20.1. The molecule has 0 bridgehead atoms. The zero-order valence-electron chi connectivity index (χ0n) is 19.4. The SMILES string of the molecule is Cc1cccc(-c2noc(CN(C(=O)c3cccc(OCc4ccccc4Cl)c3)C(C)C)n2)c1. The maximum absolute atomic E-state index is 13.4. The van der Waals surface area contributed by atoms with Gasteiger partial charge >= 0.3 is 0 Å². The van der Waals surface area contributed by atoms with Crippen LogP contribution >= 0.6 is 11.6 Å². The largest absolute Gasteiger partial charge is 0.489 e. The van der Waals surface area contributed by atoms with Crippen molar-refractivity contribution < 1.29 is 14.1 Å². The molecule has 1 heterocycles. The van der Waals surface area contributed by atoms with E-state index in [-0.39, 0.29) is 18.5 Å². The summed E-state index contributed by atoms with van der Waals surface area (Å²) in [5.74, 6) is 1.33. The van der Waals surface area contributed by atoms with E-state index in [1.54, 1.807) is 23.1 Å². The molecule has 0 radical (unpaired) electrons. The van der Waals surface area contributed by atoms with Gasteiger partial charge in [-0.25, -0.2) is 0 Å². The minimum Gasteiger partial charge on any atom is -0.489 e. The molecule has 4 aromatic rings. The van der Waals surface area contributed by atoms with E-state index >= 15 is 0 Å². The molecule has 3 aromatic carbocycles. The van der Waals surface area contributed by atoms with Crippen LogP contribution in [-0.2, 0) is 13.2 Å². The molecule has 174 valence electrons. The third-order valence-electron chi connectivity index (χ3n) is 5.37. The lowest BCUT2D eigenvalue weighted by Crippen LogP contribution is -2.36. The van der Waals surface area contributed by atoms with Crippen molar-refractivity contribution in [3.8, 4) is 17.1 Å². The summed E-state index contributed by atoms with van der Waals surface area (Å²) >= 11 is 6.21. The lowest BCUT2D eigenvalue weighted by Gasteiger charge is -2.25. The Bertz CT molecular complexity index is 1290. The Kier molecular flexibility index (Phi) is 7.28. The Morgan fingerprint density at radius 1 is 1.06 bits per heavy atom. The molecule has 0 aliphatic rings. The van der Waals surface area contributed by atoms with E-state index in [4.69, 9.17) is 20.9 Å². The first-order chi connectivity index (χ1) is 16.4. The van der Waals surface area contributed by atoms with Gasteiger partial charge in [0.1, 0.15) is 18.9 Å². The molecule has 0 aliphatic heterocycles. The molecule has 0 N–H and O–H groups in total. The molecule has 0 fully saturated rings. The van der Waals surface area contributed by atoms with Crippen LogP contribution < -0.4 is 4.74 Å². The van der Waals surface area contributed by atoms with Crippen molar-refractivity contribution in [2.75, 3.05) is 0 Å². The molecule has 4 rings (SSSR count). The van der Waals surface area contributed by atoms with Crippen LogP contribution in [0.4, 0.5) is 0 Å². The van der Waals surface area contributed by atoms with Crippen molar-refractivity contribution in [2.45, 2.75) is 40.0 Å². The smallest absolute Gasteiger partial charge is 0.254 e. The predicted molar refractivity (Wildman–Crippen MR) is 132 cm³/mol. The number of nitrogens with zero attached hydrogens (tertiary/aromatic N) is 3. The minimum atomic E-state index is -0.145. The predicted octanol–water partition coefficient (Wildman–Crippen LogP) is 6.33. The number of halogens is 1. The van der Waals surface area contributed by atoms with Gasteiger partial charge in [-0.15, -0.1) is 0 Å². The van der Waals surface area contributed by atoms with Crippen molar-refractivity contribution in [3.63, 3.8) is 0 Å². The fraction of sp³-hybridized carbons (Fsp3) is 0.222. The Morgan fingerprint density at radius 3 is 2.62 bits per heavy atom. The maximum atomic E-state index is 13.4. The van der Waals surface area contributed by atoms with Crippen LogP contribution in [0.2, 0.25) is 5.02 Å². The first-order valence-electron chi connectivity index (χ1n) is 11.1. The van der Waals surface area contributed by atoms with E-state index in [1.807, 2.05) is 75.4 Å². The molecular weight excluding hydrogens is 450 g/mol. The topological polar surface area (TPSA) is 68.5 Å². The van der Waals surface area contributed by atoms with Crippen molar-refractivity contribution >= 4 is 17.5 Å². The van der Waals surface area contributed by atoms with Crippen LogP contribution in [0.1, 0.15) is 41.2 Å². The number of aromatic nitrogens is 2. The molecule has 1 aromatic heterocycles. The van der Waals surface area contributed by atoms with Gasteiger partial charge in [-0.05, 0) is 51.1 Å². The van der Waals surface area contributed by atoms with Crippen LogP contribution in [0, 0.1) is 6.92 Å². The molecule has 34 heavy (non-hydrogen) atoms. The molecule has 0 aliphatic carbocycles. The molecular formula is C27H26ClN3O3. The van der Waals surface area contributed by atoms with Crippen LogP contribution in [-0.4, -0.2) is 27.0 Å². The number of rotatable bonds is 8. The minimum absolute atomic E-state index is 0.0745. The summed E-state index contributed by atoms with van der Waals surface area (Å²) < 4.78 is 11.3. The molecule has 0 saturated heterocycles. The fourth-order valence-electron chi connectivity index (χ4n) is 3.52. The summed E-state index contributed by atoms with van der Waals surface area (Å²) in [7, 11) is 0. The molecule has 6 nitrogen and oxygen atoms in total. The molecule has 0 atom stereocenters. The van der Waals surface area contributed by atoms with Gasteiger partial charge in [0.15, 0.2) is 0 Å². The second-order valence-corrected chi connectivity index (χ2v) is 8.72. The first kappa shape index (κ1) is 23.5. The summed E-state index contributed by atoms with van der Waals surface area (Å²) in [5.41, 5.74) is 3.38. The quantitative estimate of drug-likeness (QED) is 0.298. The number of amides is 1. The van der Waals surface area contributed by atoms with Crippen molar-refractivity contribution in [3.05, 3.63) is 100 Å². The Morgan fingerprint density at radius 2 is 1.85 bits per heavy atom. The van der Waals surface area contributed by atoms with Gasteiger partial charge in [0.05, 0.1) is 0 Å². The lowest BCUT2D eigenvalue weighted by atomic mass is 10.1. The number of carbonyl (C=O) groups excluding carboxylic acids is 1. The summed E-state index contributed by atoms with van der Waals surface area (Å²) in [6, 6.07) is 22.5. The van der Waals surface area contributed by atoms with E-state index in [9.17, 15) is 4.79 Å². The number of ether oxygens (including phenoxy) is 1. The monoisotopic (exact) mass is 475 g/mol. The molecule has 0 unspecified atom stereocenters. The number of aryl methyl sites for hydroxylation is 1. The van der Waals surface area contributed by atoms with Crippen LogP contribution in [0.25, 0.3) is 11.4 Å². The number of benzene rings is 3. The van der Waals surface area contributed by atoms with Crippen molar-refractivity contribution in [2.24, 2.45) is 0 Å². The second kappa shape index (κ2) is 10.5. The third-order valence-corrected chi connectivity index (χ3v) is 5.74. The van der Waals surface area contributed by atoms with E-state index in [1.165, 1.54) is 0 Å². The van der Waals surface area contributed by atoms with E-state index in [0.717, 1.165) is 16.7 Å². The zero-order chi connectivity index (χ0) is 24.1. The van der Waals surface area contributed by atoms with Gasteiger partial charge in [-0.3, -0.25) is 4.79 Å². The highest BCUT2D eigenvalue weighted by molar-refractivity contribution is 6.31. The lowest BCUT2D eigenvalue weighted by molar-refractivity contribution is 0.0667. The molecule has 7 heteroatoms. The van der Waals surface area contributed by atoms with Gasteiger partial charge in [-0.2, -0.15) is 4.98 Å². The number of hydrogen-bond acceptors (Lipinski definition) is 5. The van der Waals surface area contributed by atoms with E-state index in [2.05, 4.69) is 10.1 Å². The third kappa shape index (κ3) is 5.64. The highest BCUT2D eigenvalue weighted by Crippen LogP contribution is 2.22. The Balaban J connectivity index is 1.48. The van der Waals surface area contributed by atoms with Crippen molar-refractivity contribution in [1.29, 1.82) is 0 Å². The van der Waals surface area contributed by atoms with Crippen molar-refractivity contribution in [1.82, 2.24) is 15.0 Å². The standard InChI is InChI=1S/C27H26ClN3O3/c1-18(2)31(16-25-29-26(30-34-25)20-10-6-8-19(3)14-20)27(32)21-11-7-12-23(15-21)33-17-22-9-4-5-13-24(22)28/h4-15,18H,16-17H2,1-3H3. The van der Waals surface area contributed by atoms with Crippen LogP contribution in [0.5, 0.6) is 5.75 Å². The highest BCUT2D eigenvalue weighted by Gasteiger charge is 2.22. The fourth-order valence-corrected chi connectivity index (χ4v) is 3.71. The van der Waals surface area contributed by atoms with Gasteiger partial charge in [0.2, 0.25) is 11.7 Å². The average molecular weight is 476 g/mol. The number of hydrogen-bond donors (Lipinski definition) is 0. The maximum Gasteiger partial charge on any atom is 0.254 e. The van der Waals surface area contributed by atoms with Crippen LogP contribution in [0.3, 0.4) is 0 Å². The van der Waals surface area contributed by atoms with Crippen LogP contribution in [0.15, 0.2) is 77.3 Å². The summed E-state index contributed by atoms with van der Waals surface area (Å²) in [6.45, 7) is 6.44. The summed E-state index contributed by atoms with van der Waals surface area (Å²) in [5, 5.41) is 4.74. The van der Waals surface area contributed by atoms with E-state index < -0.39 is 0 Å². The normalized spacial score (nSPS) is 11.0. The van der Waals surface area contributed by atoms with Gasteiger partial charge in [0.25, 0.3) is 5.91 Å². The van der Waals surface area contributed by atoms with E-state index in [0.29, 0.717) is 34.7 Å². The highest BCUT2D eigenvalue weighted by atomic mass is 35.5. The Hall–Kier alpha value is -3.64. The van der Waals surface area contributed by atoms with Gasteiger partial charge in [-0.1, -0.05) is 64.8 Å². The number of carbonyl (C=O) groups is 1. The molecule has 1 amide bonds. The average Bonchev–Trinajstić information content (AvgIpc) is 3.30. The summed E-state index contributed by atoms with van der Waals surface area (Å²) in [6.07, 6.45) is 0. The first-order valence-corrected chi connectivity index (χ1v) is 11.5. The molecule has 0 spiro atoms. The summed E-state index contributed by atoms with van der Waals surface area (Å²) in [4.78, 5) is 19.5. The Labute approximate surface area is 204 Å². The second-order valence-electron chi connectivity index (χ2n) is 8.32. The molecule has 0 saturated carbocycles. The van der Waals surface area contributed by atoms with Gasteiger partial charge < -0.3 is 14.2 Å².